The lowest BCUT2D eigenvalue weighted by Crippen LogP contribution is -2.11. The lowest BCUT2D eigenvalue weighted by Gasteiger charge is -2.06. The zero-order valence-corrected chi connectivity index (χ0v) is 12.3. The molecule has 0 spiro atoms. The highest BCUT2D eigenvalue weighted by atomic mass is 32.1. The lowest BCUT2D eigenvalue weighted by atomic mass is 10.3. The molecule has 0 unspecified atom stereocenters. The van der Waals surface area contributed by atoms with Gasteiger partial charge in [-0.3, -0.25) is 0 Å². The average molecular weight is 298 g/mol. The molecule has 0 radical (unpaired) electrons. The zero-order valence-electron chi connectivity index (χ0n) is 11.5. The predicted octanol–water partition coefficient (Wildman–Crippen LogP) is 3.78. The molecule has 106 valence electrons. The van der Waals surface area contributed by atoms with Crippen molar-refractivity contribution in [3.05, 3.63) is 59.6 Å². The molecule has 0 amide bonds. The summed E-state index contributed by atoms with van der Waals surface area (Å²) in [7, 11) is 0. The van der Waals surface area contributed by atoms with Crippen molar-refractivity contribution in [1.29, 1.82) is 0 Å². The molecule has 0 aliphatic rings. The Labute approximate surface area is 126 Å². The van der Waals surface area contributed by atoms with E-state index in [-0.39, 0.29) is 5.97 Å². The Hall–Kier alpha value is -2.40. The van der Waals surface area contributed by atoms with Crippen molar-refractivity contribution in [2.24, 2.45) is 0 Å². The first kappa shape index (κ1) is 13.6. The van der Waals surface area contributed by atoms with Gasteiger partial charge in [0.1, 0.15) is 5.69 Å². The van der Waals surface area contributed by atoms with Crippen molar-refractivity contribution in [3.63, 3.8) is 0 Å². The minimum Gasteiger partial charge on any atom is -0.461 e. The Kier molecular flexibility index (Phi) is 3.83. The Morgan fingerprint density at radius 2 is 2.05 bits per heavy atom. The van der Waals surface area contributed by atoms with Gasteiger partial charge < -0.3 is 4.74 Å². The molecule has 0 aliphatic carbocycles. The van der Waals surface area contributed by atoms with Crippen molar-refractivity contribution >= 4 is 17.3 Å². The molecule has 0 fully saturated rings. The second kappa shape index (κ2) is 5.93. The minimum atomic E-state index is -0.364. The number of esters is 1. The summed E-state index contributed by atoms with van der Waals surface area (Å²) in [6, 6.07) is 15.3. The average Bonchev–Trinajstić information content (AvgIpc) is 3.17. The molecule has 3 rings (SSSR count). The summed E-state index contributed by atoms with van der Waals surface area (Å²) in [6.07, 6.45) is 0. The number of rotatable bonds is 4. The molecule has 3 aromatic rings. The van der Waals surface area contributed by atoms with Gasteiger partial charge in [0.15, 0.2) is 5.69 Å². The number of para-hydroxylation sites is 1. The van der Waals surface area contributed by atoms with Crippen molar-refractivity contribution in [3.8, 4) is 16.3 Å². The van der Waals surface area contributed by atoms with Gasteiger partial charge >= 0.3 is 5.97 Å². The second-order valence-corrected chi connectivity index (χ2v) is 5.31. The van der Waals surface area contributed by atoms with Gasteiger partial charge in [0.25, 0.3) is 0 Å². The topological polar surface area (TPSA) is 44.1 Å². The first-order valence-electron chi connectivity index (χ1n) is 6.66. The van der Waals surface area contributed by atoms with Gasteiger partial charge in [-0.2, -0.15) is 5.10 Å². The van der Waals surface area contributed by atoms with E-state index in [0.29, 0.717) is 12.3 Å². The quantitative estimate of drug-likeness (QED) is 0.689. The number of hydrogen-bond acceptors (Lipinski definition) is 4. The van der Waals surface area contributed by atoms with E-state index in [1.807, 2.05) is 47.8 Å². The van der Waals surface area contributed by atoms with Crippen molar-refractivity contribution in [2.45, 2.75) is 6.92 Å². The third-order valence-corrected chi connectivity index (χ3v) is 3.86. The maximum Gasteiger partial charge on any atom is 0.357 e. The maximum absolute atomic E-state index is 12.1. The van der Waals surface area contributed by atoms with Crippen LogP contribution in [-0.2, 0) is 4.74 Å². The van der Waals surface area contributed by atoms with Gasteiger partial charge in [-0.1, -0.05) is 24.3 Å². The first-order chi connectivity index (χ1) is 10.3. The summed E-state index contributed by atoms with van der Waals surface area (Å²) in [5.41, 5.74) is 2.05. The predicted molar refractivity (Wildman–Crippen MR) is 82.8 cm³/mol. The molecule has 21 heavy (non-hydrogen) atoms. The van der Waals surface area contributed by atoms with E-state index in [9.17, 15) is 4.79 Å². The summed E-state index contributed by atoms with van der Waals surface area (Å²) in [6.45, 7) is 2.13. The van der Waals surface area contributed by atoms with Crippen LogP contribution in [0.15, 0.2) is 53.9 Å². The molecule has 2 aromatic heterocycles. The van der Waals surface area contributed by atoms with Gasteiger partial charge in [-0.15, -0.1) is 11.3 Å². The van der Waals surface area contributed by atoms with Crippen LogP contribution >= 0.6 is 11.3 Å². The molecule has 0 saturated heterocycles. The van der Waals surface area contributed by atoms with Gasteiger partial charge in [-0.05, 0) is 30.5 Å². The normalized spacial score (nSPS) is 10.5. The van der Waals surface area contributed by atoms with Crippen LogP contribution in [0, 0.1) is 0 Å². The minimum absolute atomic E-state index is 0.340. The maximum atomic E-state index is 12.1. The fraction of sp³-hybridized carbons (Fsp3) is 0.125. The molecular weight excluding hydrogens is 284 g/mol. The van der Waals surface area contributed by atoms with Crippen LogP contribution in [0.3, 0.4) is 0 Å². The third-order valence-electron chi connectivity index (χ3n) is 2.97. The van der Waals surface area contributed by atoms with Crippen LogP contribution in [0.1, 0.15) is 17.4 Å². The Balaban J connectivity index is 2.10. The van der Waals surface area contributed by atoms with E-state index < -0.39 is 0 Å². The number of carbonyl (C=O) groups is 1. The van der Waals surface area contributed by atoms with Crippen LogP contribution in [0.4, 0.5) is 0 Å². The summed E-state index contributed by atoms with van der Waals surface area (Å²) in [4.78, 5) is 13.2. The molecule has 0 saturated carbocycles. The molecule has 0 bridgehead atoms. The first-order valence-corrected chi connectivity index (χ1v) is 7.54. The fourth-order valence-corrected chi connectivity index (χ4v) is 2.72. The number of carbonyl (C=O) groups excluding carboxylic acids is 1. The number of aromatic nitrogens is 2. The molecule has 4 nitrogen and oxygen atoms in total. The van der Waals surface area contributed by atoms with E-state index in [4.69, 9.17) is 4.74 Å². The summed E-state index contributed by atoms with van der Waals surface area (Å²) >= 11 is 1.59. The number of nitrogens with zero attached hydrogens (tertiary/aromatic N) is 2. The standard InChI is InChI=1S/C16H14N2O2S/c1-2-20-16(19)14-11-13(15-9-6-10-21-15)17-18(14)12-7-4-3-5-8-12/h3-11H,2H2,1H3. The van der Waals surface area contributed by atoms with Gasteiger partial charge in [0, 0.05) is 6.07 Å². The van der Waals surface area contributed by atoms with E-state index >= 15 is 0 Å². The van der Waals surface area contributed by atoms with Crippen LogP contribution in [0.2, 0.25) is 0 Å². The van der Waals surface area contributed by atoms with Crippen molar-refractivity contribution in [2.75, 3.05) is 6.61 Å². The van der Waals surface area contributed by atoms with E-state index in [2.05, 4.69) is 5.10 Å². The van der Waals surface area contributed by atoms with Crippen LogP contribution in [-0.4, -0.2) is 22.4 Å². The molecule has 2 heterocycles. The molecule has 5 heteroatoms. The van der Waals surface area contributed by atoms with Gasteiger partial charge in [0.05, 0.1) is 17.2 Å². The van der Waals surface area contributed by atoms with E-state index in [1.165, 1.54) is 0 Å². The number of hydrogen-bond donors (Lipinski definition) is 0. The molecule has 0 atom stereocenters. The highest BCUT2D eigenvalue weighted by molar-refractivity contribution is 7.13. The van der Waals surface area contributed by atoms with Gasteiger partial charge in [-0.25, -0.2) is 9.48 Å². The Morgan fingerprint density at radius 1 is 1.24 bits per heavy atom. The van der Waals surface area contributed by atoms with E-state index in [0.717, 1.165) is 16.3 Å². The monoisotopic (exact) mass is 298 g/mol. The SMILES string of the molecule is CCOC(=O)c1cc(-c2cccs2)nn1-c1ccccc1. The summed E-state index contributed by atoms with van der Waals surface area (Å²) in [5.74, 6) is -0.364. The molecule has 1 aromatic carbocycles. The highest BCUT2D eigenvalue weighted by Gasteiger charge is 2.18. The Morgan fingerprint density at radius 3 is 2.71 bits per heavy atom. The largest absolute Gasteiger partial charge is 0.461 e. The molecular formula is C16H14N2O2S. The second-order valence-electron chi connectivity index (χ2n) is 4.36. The summed E-state index contributed by atoms with van der Waals surface area (Å²) < 4.78 is 6.76. The lowest BCUT2D eigenvalue weighted by molar-refractivity contribution is 0.0516. The highest BCUT2D eigenvalue weighted by Crippen LogP contribution is 2.26. The van der Waals surface area contributed by atoms with Crippen LogP contribution in [0.25, 0.3) is 16.3 Å². The van der Waals surface area contributed by atoms with Crippen LogP contribution in [0.5, 0.6) is 0 Å². The number of thiophene rings is 1. The van der Waals surface area contributed by atoms with E-state index in [1.54, 1.807) is 29.0 Å². The number of ether oxygens (including phenoxy) is 1. The van der Waals surface area contributed by atoms with Gasteiger partial charge in [0.2, 0.25) is 0 Å². The number of benzene rings is 1. The van der Waals surface area contributed by atoms with Crippen LogP contribution < -0.4 is 0 Å². The van der Waals surface area contributed by atoms with Crippen molar-refractivity contribution < 1.29 is 9.53 Å². The Bertz CT molecular complexity index is 733. The molecule has 0 aliphatic heterocycles. The summed E-state index contributed by atoms with van der Waals surface area (Å²) in [5, 5.41) is 6.54. The third kappa shape index (κ3) is 2.73. The zero-order chi connectivity index (χ0) is 14.7. The smallest absolute Gasteiger partial charge is 0.357 e. The molecule has 0 N–H and O–H groups in total. The van der Waals surface area contributed by atoms with Crippen molar-refractivity contribution in [1.82, 2.24) is 9.78 Å². The fourth-order valence-electron chi connectivity index (χ4n) is 2.04.